The lowest BCUT2D eigenvalue weighted by molar-refractivity contribution is 0.601. The summed E-state index contributed by atoms with van der Waals surface area (Å²) in [7, 11) is 0. The van der Waals surface area contributed by atoms with E-state index in [1.807, 2.05) is 24.3 Å². The Kier molecular flexibility index (Phi) is 3.96. The van der Waals surface area contributed by atoms with Gasteiger partial charge in [-0.05, 0) is 66.6 Å². The van der Waals surface area contributed by atoms with E-state index in [1.54, 1.807) is 5.57 Å². The highest BCUT2D eigenvalue weighted by atomic mass is 14.5. The highest BCUT2D eigenvalue weighted by molar-refractivity contribution is 5.83. The first kappa shape index (κ1) is 13.7. The second kappa shape index (κ2) is 6.04. The van der Waals surface area contributed by atoms with Crippen molar-refractivity contribution in [2.75, 3.05) is 11.5 Å². The Balaban J connectivity index is 2.10. The number of rotatable bonds is 2. The zero-order valence-electron chi connectivity index (χ0n) is 12.3. The molecule has 0 amide bonds. The van der Waals surface area contributed by atoms with E-state index in [4.69, 9.17) is 11.5 Å². The lowest BCUT2D eigenvalue weighted by Crippen LogP contribution is -2.00. The van der Waals surface area contributed by atoms with Gasteiger partial charge in [-0.3, -0.25) is 0 Å². The number of allylic oxidation sites excluding steroid dienone is 1. The van der Waals surface area contributed by atoms with Gasteiger partial charge in [0, 0.05) is 11.4 Å². The molecular formula is C19H22N2. The van der Waals surface area contributed by atoms with E-state index in [1.165, 1.54) is 48.8 Å². The summed E-state index contributed by atoms with van der Waals surface area (Å²) >= 11 is 0. The molecule has 1 saturated carbocycles. The molecule has 0 aliphatic heterocycles. The lowest BCUT2D eigenvalue weighted by atomic mass is 9.85. The normalized spacial score (nSPS) is 15.0. The molecule has 3 rings (SSSR count). The summed E-state index contributed by atoms with van der Waals surface area (Å²) < 4.78 is 0. The highest BCUT2D eigenvalue weighted by Gasteiger charge is 2.14. The van der Waals surface area contributed by atoms with Crippen molar-refractivity contribution in [3.05, 3.63) is 65.2 Å². The molecule has 0 heterocycles. The molecule has 2 heteroatoms. The van der Waals surface area contributed by atoms with E-state index in [9.17, 15) is 0 Å². The SMILES string of the molecule is Nc1ccc(C(=C2CCCCC2)c2ccc(N)cc2)cc1. The van der Waals surface area contributed by atoms with Crippen molar-refractivity contribution in [1.29, 1.82) is 0 Å². The first-order valence-electron chi connectivity index (χ1n) is 7.68. The van der Waals surface area contributed by atoms with E-state index in [2.05, 4.69) is 24.3 Å². The first-order valence-corrected chi connectivity index (χ1v) is 7.68. The van der Waals surface area contributed by atoms with Crippen molar-refractivity contribution in [2.24, 2.45) is 0 Å². The van der Waals surface area contributed by atoms with E-state index < -0.39 is 0 Å². The zero-order chi connectivity index (χ0) is 14.7. The molecule has 21 heavy (non-hydrogen) atoms. The van der Waals surface area contributed by atoms with E-state index in [-0.39, 0.29) is 0 Å². The van der Waals surface area contributed by atoms with Gasteiger partial charge in [-0.2, -0.15) is 0 Å². The number of nitrogen functional groups attached to an aromatic ring is 2. The van der Waals surface area contributed by atoms with Crippen molar-refractivity contribution in [3.8, 4) is 0 Å². The smallest absolute Gasteiger partial charge is 0.0314 e. The molecular weight excluding hydrogens is 256 g/mol. The van der Waals surface area contributed by atoms with Crippen molar-refractivity contribution < 1.29 is 0 Å². The van der Waals surface area contributed by atoms with Gasteiger partial charge in [0.2, 0.25) is 0 Å². The molecule has 0 saturated heterocycles. The van der Waals surface area contributed by atoms with Gasteiger partial charge in [0.15, 0.2) is 0 Å². The van der Waals surface area contributed by atoms with Crippen molar-refractivity contribution in [3.63, 3.8) is 0 Å². The second-order valence-corrected chi connectivity index (χ2v) is 5.78. The maximum absolute atomic E-state index is 5.83. The van der Waals surface area contributed by atoms with Crippen LogP contribution in [0.25, 0.3) is 5.57 Å². The number of benzene rings is 2. The van der Waals surface area contributed by atoms with Crippen LogP contribution >= 0.6 is 0 Å². The third-order valence-electron chi connectivity index (χ3n) is 4.21. The lowest BCUT2D eigenvalue weighted by Gasteiger charge is -2.20. The van der Waals surface area contributed by atoms with Gasteiger partial charge in [0.25, 0.3) is 0 Å². The highest BCUT2D eigenvalue weighted by Crippen LogP contribution is 2.35. The molecule has 0 unspecified atom stereocenters. The molecule has 4 N–H and O–H groups in total. The van der Waals surface area contributed by atoms with Crippen LogP contribution in [0.2, 0.25) is 0 Å². The summed E-state index contributed by atoms with van der Waals surface area (Å²) in [6.45, 7) is 0. The molecule has 1 aliphatic carbocycles. The molecule has 0 bridgehead atoms. The van der Waals surface area contributed by atoms with Gasteiger partial charge in [-0.15, -0.1) is 0 Å². The third-order valence-corrected chi connectivity index (χ3v) is 4.21. The minimum absolute atomic E-state index is 0.809. The predicted octanol–water partition coefficient (Wildman–Crippen LogP) is 4.62. The Morgan fingerprint density at radius 2 is 1.05 bits per heavy atom. The average molecular weight is 278 g/mol. The monoisotopic (exact) mass is 278 g/mol. The fourth-order valence-corrected chi connectivity index (χ4v) is 3.10. The molecule has 1 fully saturated rings. The number of hydrogen-bond acceptors (Lipinski definition) is 2. The van der Waals surface area contributed by atoms with Gasteiger partial charge in [-0.25, -0.2) is 0 Å². The van der Waals surface area contributed by atoms with Gasteiger partial charge in [-0.1, -0.05) is 36.3 Å². The zero-order valence-corrected chi connectivity index (χ0v) is 12.3. The second-order valence-electron chi connectivity index (χ2n) is 5.78. The van der Waals surface area contributed by atoms with Crippen LogP contribution in [0.4, 0.5) is 11.4 Å². The predicted molar refractivity (Wildman–Crippen MR) is 90.8 cm³/mol. The first-order chi connectivity index (χ1) is 10.2. The van der Waals surface area contributed by atoms with Crippen molar-refractivity contribution in [1.82, 2.24) is 0 Å². The molecule has 108 valence electrons. The molecule has 0 radical (unpaired) electrons. The summed E-state index contributed by atoms with van der Waals surface area (Å²) in [4.78, 5) is 0. The Labute approximate surface area is 126 Å². The summed E-state index contributed by atoms with van der Waals surface area (Å²) in [6, 6.07) is 16.4. The van der Waals surface area contributed by atoms with Crippen molar-refractivity contribution >= 4 is 16.9 Å². The Morgan fingerprint density at radius 1 is 0.619 bits per heavy atom. The minimum atomic E-state index is 0.809. The van der Waals surface area contributed by atoms with E-state index in [0.29, 0.717) is 0 Å². The van der Waals surface area contributed by atoms with E-state index >= 15 is 0 Å². The van der Waals surface area contributed by atoms with Crippen LogP contribution in [-0.2, 0) is 0 Å². The average Bonchev–Trinajstić information content (AvgIpc) is 2.52. The summed E-state index contributed by atoms with van der Waals surface area (Å²) in [5, 5.41) is 0. The van der Waals surface area contributed by atoms with Crippen LogP contribution < -0.4 is 11.5 Å². The minimum Gasteiger partial charge on any atom is -0.399 e. The molecule has 2 aromatic carbocycles. The quantitative estimate of drug-likeness (QED) is 0.788. The van der Waals surface area contributed by atoms with Crippen LogP contribution in [0, 0.1) is 0 Å². The Morgan fingerprint density at radius 3 is 1.48 bits per heavy atom. The molecule has 0 spiro atoms. The molecule has 1 aliphatic rings. The van der Waals surface area contributed by atoms with Gasteiger partial charge < -0.3 is 11.5 Å². The van der Waals surface area contributed by atoms with Crippen LogP contribution in [0.5, 0.6) is 0 Å². The Hall–Kier alpha value is -2.22. The maximum Gasteiger partial charge on any atom is 0.0314 e. The van der Waals surface area contributed by atoms with E-state index in [0.717, 1.165) is 11.4 Å². The summed E-state index contributed by atoms with van der Waals surface area (Å²) in [5.41, 5.74) is 18.7. The largest absolute Gasteiger partial charge is 0.399 e. The van der Waals surface area contributed by atoms with Gasteiger partial charge >= 0.3 is 0 Å². The van der Waals surface area contributed by atoms with Crippen LogP contribution in [0.1, 0.15) is 43.2 Å². The summed E-state index contributed by atoms with van der Waals surface area (Å²) in [6.07, 6.45) is 6.33. The molecule has 0 atom stereocenters. The fraction of sp³-hybridized carbons (Fsp3) is 0.263. The fourth-order valence-electron chi connectivity index (χ4n) is 3.10. The van der Waals surface area contributed by atoms with Gasteiger partial charge in [0.05, 0.1) is 0 Å². The molecule has 2 aromatic rings. The third kappa shape index (κ3) is 3.10. The van der Waals surface area contributed by atoms with Crippen molar-refractivity contribution in [2.45, 2.75) is 32.1 Å². The molecule has 0 aromatic heterocycles. The number of nitrogens with two attached hydrogens (primary N) is 2. The number of anilines is 2. The molecule has 2 nitrogen and oxygen atoms in total. The van der Waals surface area contributed by atoms with Crippen LogP contribution in [0.3, 0.4) is 0 Å². The van der Waals surface area contributed by atoms with Crippen LogP contribution in [-0.4, -0.2) is 0 Å². The standard InChI is InChI=1S/C19H22N2/c20-17-10-6-15(7-11-17)19(14-4-2-1-3-5-14)16-8-12-18(21)13-9-16/h6-13H,1-5,20-21H2. The number of hydrogen-bond donors (Lipinski definition) is 2. The topological polar surface area (TPSA) is 52.0 Å². The summed E-state index contributed by atoms with van der Waals surface area (Å²) in [5.74, 6) is 0. The Bertz CT molecular complexity index is 581. The van der Waals surface area contributed by atoms with Gasteiger partial charge in [0.1, 0.15) is 0 Å². The van der Waals surface area contributed by atoms with Crippen LogP contribution in [0.15, 0.2) is 54.1 Å². The maximum atomic E-state index is 5.83.